The summed E-state index contributed by atoms with van der Waals surface area (Å²) in [6.45, 7) is 6.93. The lowest BCUT2D eigenvalue weighted by Crippen LogP contribution is -2.40. The van der Waals surface area contributed by atoms with Crippen LogP contribution >= 0.6 is 11.3 Å². The van der Waals surface area contributed by atoms with Gasteiger partial charge in [-0.2, -0.15) is 0 Å². The summed E-state index contributed by atoms with van der Waals surface area (Å²) in [6, 6.07) is 0. The lowest BCUT2D eigenvalue weighted by Gasteiger charge is -2.32. The number of hydrogen-bond acceptors (Lipinski definition) is 5. The standard InChI is InChI=1S/C15H23N3O2S/c1-11-10-21-15(16-11)17-14(19)13-2-5-18(6-3-13)8-12-4-7-20-9-12/h10,12-13H,2-9H2,1H3,(H,16,17,19). The summed E-state index contributed by atoms with van der Waals surface area (Å²) in [4.78, 5) is 19.0. The van der Waals surface area contributed by atoms with Crippen LogP contribution in [0.1, 0.15) is 25.0 Å². The second-order valence-corrected chi connectivity index (χ2v) is 6.95. The van der Waals surface area contributed by atoms with Crippen molar-refractivity contribution in [1.29, 1.82) is 0 Å². The fraction of sp³-hybridized carbons (Fsp3) is 0.733. The van der Waals surface area contributed by atoms with Gasteiger partial charge in [-0.25, -0.2) is 4.98 Å². The van der Waals surface area contributed by atoms with E-state index in [1.807, 2.05) is 12.3 Å². The first-order valence-electron chi connectivity index (χ1n) is 7.74. The van der Waals surface area contributed by atoms with Crippen LogP contribution in [0.15, 0.2) is 5.38 Å². The first-order chi connectivity index (χ1) is 10.2. The van der Waals surface area contributed by atoms with Crippen molar-refractivity contribution in [3.8, 4) is 0 Å². The van der Waals surface area contributed by atoms with Crippen LogP contribution in [0.3, 0.4) is 0 Å². The van der Waals surface area contributed by atoms with Crippen molar-refractivity contribution in [2.24, 2.45) is 11.8 Å². The highest BCUT2D eigenvalue weighted by molar-refractivity contribution is 7.13. The summed E-state index contributed by atoms with van der Waals surface area (Å²) in [6.07, 6.45) is 3.08. The average molecular weight is 309 g/mol. The van der Waals surface area contributed by atoms with Gasteiger partial charge in [0.1, 0.15) is 0 Å². The lowest BCUT2D eigenvalue weighted by atomic mass is 9.95. The SMILES string of the molecule is Cc1csc(NC(=O)C2CCN(CC3CCOC3)CC2)n1. The summed E-state index contributed by atoms with van der Waals surface area (Å²) in [7, 11) is 0. The molecule has 0 radical (unpaired) electrons. The Labute approximate surface area is 129 Å². The topological polar surface area (TPSA) is 54.5 Å². The summed E-state index contributed by atoms with van der Waals surface area (Å²) in [5.41, 5.74) is 0.962. The van der Waals surface area contributed by atoms with Crippen molar-refractivity contribution >= 4 is 22.4 Å². The predicted molar refractivity (Wildman–Crippen MR) is 83.6 cm³/mol. The number of aryl methyl sites for hydroxylation is 1. The van der Waals surface area contributed by atoms with Crippen LogP contribution < -0.4 is 5.32 Å². The number of carbonyl (C=O) groups is 1. The predicted octanol–water partition coefficient (Wildman–Crippen LogP) is 2.14. The molecule has 3 heterocycles. The van der Waals surface area contributed by atoms with Gasteiger partial charge in [-0.15, -0.1) is 11.3 Å². The largest absolute Gasteiger partial charge is 0.381 e. The van der Waals surface area contributed by atoms with E-state index in [1.165, 1.54) is 17.8 Å². The molecule has 6 heteroatoms. The highest BCUT2D eigenvalue weighted by Gasteiger charge is 2.27. The number of rotatable bonds is 4. The molecule has 21 heavy (non-hydrogen) atoms. The summed E-state index contributed by atoms with van der Waals surface area (Å²) >= 11 is 1.50. The monoisotopic (exact) mass is 309 g/mol. The number of amides is 1. The minimum Gasteiger partial charge on any atom is -0.381 e. The minimum absolute atomic E-state index is 0.130. The Morgan fingerprint density at radius 3 is 2.90 bits per heavy atom. The van der Waals surface area contributed by atoms with E-state index in [0.29, 0.717) is 5.92 Å². The van der Waals surface area contributed by atoms with Gasteiger partial charge in [0.25, 0.3) is 0 Å². The van der Waals surface area contributed by atoms with Crippen molar-refractivity contribution in [3.05, 3.63) is 11.1 Å². The molecule has 1 amide bonds. The Kier molecular flexibility index (Phi) is 4.87. The highest BCUT2D eigenvalue weighted by atomic mass is 32.1. The van der Waals surface area contributed by atoms with Crippen LogP contribution in [0, 0.1) is 18.8 Å². The number of likely N-dealkylation sites (tertiary alicyclic amines) is 1. The third-order valence-electron chi connectivity index (χ3n) is 4.35. The number of aromatic nitrogens is 1. The molecule has 0 bridgehead atoms. The molecule has 1 aromatic rings. The van der Waals surface area contributed by atoms with Crippen molar-refractivity contribution < 1.29 is 9.53 Å². The zero-order valence-electron chi connectivity index (χ0n) is 12.5. The summed E-state index contributed by atoms with van der Waals surface area (Å²) in [5.74, 6) is 0.951. The third-order valence-corrected chi connectivity index (χ3v) is 5.22. The third kappa shape index (κ3) is 4.02. The fourth-order valence-corrected chi connectivity index (χ4v) is 3.78. The number of carbonyl (C=O) groups excluding carboxylic acids is 1. The maximum atomic E-state index is 12.2. The molecule has 116 valence electrons. The fourth-order valence-electron chi connectivity index (χ4n) is 3.09. The quantitative estimate of drug-likeness (QED) is 0.926. The number of anilines is 1. The Bertz CT molecular complexity index is 477. The lowest BCUT2D eigenvalue weighted by molar-refractivity contribution is -0.121. The Morgan fingerprint density at radius 2 is 2.29 bits per heavy atom. The van der Waals surface area contributed by atoms with Gasteiger partial charge in [0.05, 0.1) is 12.3 Å². The van der Waals surface area contributed by atoms with E-state index in [-0.39, 0.29) is 11.8 Å². The number of piperidine rings is 1. The smallest absolute Gasteiger partial charge is 0.229 e. The minimum atomic E-state index is 0.130. The molecule has 0 saturated carbocycles. The molecule has 2 fully saturated rings. The van der Waals surface area contributed by atoms with Crippen molar-refractivity contribution in [1.82, 2.24) is 9.88 Å². The summed E-state index contributed by atoms with van der Waals surface area (Å²) in [5, 5.41) is 5.64. The van der Waals surface area contributed by atoms with Gasteiger partial charge in [-0.3, -0.25) is 4.79 Å². The highest BCUT2D eigenvalue weighted by Crippen LogP contribution is 2.23. The maximum absolute atomic E-state index is 12.2. The molecule has 2 aliphatic heterocycles. The zero-order chi connectivity index (χ0) is 14.7. The number of thiazole rings is 1. The van der Waals surface area contributed by atoms with Gasteiger partial charge in [-0.1, -0.05) is 0 Å². The van der Waals surface area contributed by atoms with Gasteiger partial charge in [-0.05, 0) is 45.2 Å². The first kappa shape index (κ1) is 14.9. The number of nitrogens with one attached hydrogen (secondary N) is 1. The van der Waals surface area contributed by atoms with Crippen LogP contribution in [-0.4, -0.2) is 48.6 Å². The van der Waals surface area contributed by atoms with Gasteiger partial charge >= 0.3 is 0 Å². The van der Waals surface area contributed by atoms with Crippen LogP contribution in [0.5, 0.6) is 0 Å². The summed E-state index contributed by atoms with van der Waals surface area (Å²) < 4.78 is 5.43. The molecule has 2 saturated heterocycles. The Hall–Kier alpha value is -0.980. The second kappa shape index (κ2) is 6.85. The van der Waals surface area contributed by atoms with E-state index in [4.69, 9.17) is 4.74 Å². The van der Waals surface area contributed by atoms with E-state index in [9.17, 15) is 4.79 Å². The number of ether oxygens (including phenoxy) is 1. The Morgan fingerprint density at radius 1 is 1.48 bits per heavy atom. The van der Waals surface area contributed by atoms with E-state index in [2.05, 4.69) is 15.2 Å². The molecule has 1 atom stereocenters. The van der Waals surface area contributed by atoms with Gasteiger partial charge in [0, 0.05) is 24.4 Å². The van der Waals surface area contributed by atoms with Gasteiger partial charge < -0.3 is 15.0 Å². The average Bonchev–Trinajstić information content (AvgIpc) is 3.12. The second-order valence-electron chi connectivity index (χ2n) is 6.09. The van der Waals surface area contributed by atoms with Crippen molar-refractivity contribution in [2.45, 2.75) is 26.2 Å². The molecular weight excluding hydrogens is 286 g/mol. The molecule has 3 rings (SSSR count). The van der Waals surface area contributed by atoms with Crippen molar-refractivity contribution in [2.75, 3.05) is 38.2 Å². The Balaban J connectivity index is 1.43. The molecular formula is C15H23N3O2S. The van der Waals surface area contributed by atoms with Gasteiger partial charge in [0.15, 0.2) is 5.13 Å². The van der Waals surface area contributed by atoms with Crippen LogP contribution in [0.4, 0.5) is 5.13 Å². The van der Waals surface area contributed by atoms with E-state index >= 15 is 0 Å². The van der Waals surface area contributed by atoms with Gasteiger partial charge in [0.2, 0.25) is 5.91 Å². The van der Waals surface area contributed by atoms with Crippen LogP contribution in [-0.2, 0) is 9.53 Å². The normalized spacial score (nSPS) is 24.3. The molecule has 0 aromatic carbocycles. The first-order valence-corrected chi connectivity index (χ1v) is 8.62. The number of hydrogen-bond donors (Lipinski definition) is 1. The van der Waals surface area contributed by atoms with Crippen LogP contribution in [0.2, 0.25) is 0 Å². The molecule has 0 aliphatic carbocycles. The molecule has 2 aliphatic rings. The van der Waals surface area contributed by atoms with E-state index in [1.54, 1.807) is 0 Å². The van der Waals surface area contributed by atoms with Crippen molar-refractivity contribution in [3.63, 3.8) is 0 Å². The maximum Gasteiger partial charge on any atom is 0.229 e. The molecule has 1 N–H and O–H groups in total. The number of nitrogens with zero attached hydrogens (tertiary/aromatic N) is 2. The molecule has 0 spiro atoms. The van der Waals surface area contributed by atoms with E-state index in [0.717, 1.165) is 56.5 Å². The molecule has 1 unspecified atom stereocenters. The van der Waals surface area contributed by atoms with Crippen LogP contribution in [0.25, 0.3) is 0 Å². The van der Waals surface area contributed by atoms with E-state index < -0.39 is 0 Å². The zero-order valence-corrected chi connectivity index (χ0v) is 13.3. The molecule has 1 aromatic heterocycles. The molecule has 5 nitrogen and oxygen atoms in total.